The summed E-state index contributed by atoms with van der Waals surface area (Å²) in [6, 6.07) is 12.6. The summed E-state index contributed by atoms with van der Waals surface area (Å²) in [5, 5.41) is 10.8. The van der Waals surface area contributed by atoms with E-state index in [-0.39, 0.29) is 18.8 Å². The first-order chi connectivity index (χ1) is 13.3. The number of nitrogens with zero attached hydrogens (tertiary/aromatic N) is 1. The van der Waals surface area contributed by atoms with Crippen molar-refractivity contribution < 1.29 is 28.5 Å². The van der Waals surface area contributed by atoms with Crippen LogP contribution in [-0.2, 0) is 16.1 Å². The van der Waals surface area contributed by atoms with Crippen LogP contribution < -0.4 is 4.74 Å². The highest BCUT2D eigenvalue weighted by Gasteiger charge is 2.48. The molecule has 1 heterocycles. The molecule has 0 aliphatic carbocycles. The fourth-order valence-corrected chi connectivity index (χ4v) is 3.29. The van der Waals surface area contributed by atoms with Gasteiger partial charge in [0.05, 0.1) is 19.8 Å². The number of rotatable bonds is 5. The SMILES string of the molecule is COc1ccc(F)c(C(O)C2COC(C)(C)N2C(=O)OCc2ccccc2)c1. The van der Waals surface area contributed by atoms with Gasteiger partial charge in [-0.2, -0.15) is 0 Å². The van der Waals surface area contributed by atoms with Crippen LogP contribution in [0.15, 0.2) is 48.5 Å². The number of methoxy groups -OCH3 is 1. The normalized spacial score (nSPS) is 19.3. The monoisotopic (exact) mass is 389 g/mol. The lowest BCUT2D eigenvalue weighted by Gasteiger charge is -2.34. The summed E-state index contributed by atoms with van der Waals surface area (Å²) < 4.78 is 30.5. The van der Waals surface area contributed by atoms with Crippen molar-refractivity contribution in [3.8, 4) is 5.75 Å². The first kappa shape index (κ1) is 20.1. The van der Waals surface area contributed by atoms with E-state index in [0.717, 1.165) is 5.56 Å². The van der Waals surface area contributed by atoms with Crippen molar-refractivity contribution in [3.05, 3.63) is 65.5 Å². The number of ether oxygens (including phenoxy) is 3. The van der Waals surface area contributed by atoms with Gasteiger partial charge in [-0.1, -0.05) is 30.3 Å². The Morgan fingerprint density at radius 1 is 1.32 bits per heavy atom. The Hall–Kier alpha value is -2.64. The molecule has 1 N–H and O–H groups in total. The lowest BCUT2D eigenvalue weighted by atomic mass is 10.0. The second-order valence-corrected chi connectivity index (χ2v) is 7.07. The third-order valence-electron chi connectivity index (χ3n) is 4.81. The van der Waals surface area contributed by atoms with Gasteiger partial charge in [-0.25, -0.2) is 9.18 Å². The number of aliphatic hydroxyl groups is 1. The van der Waals surface area contributed by atoms with Gasteiger partial charge in [-0.05, 0) is 37.6 Å². The lowest BCUT2D eigenvalue weighted by molar-refractivity contribution is -0.0545. The van der Waals surface area contributed by atoms with Gasteiger partial charge in [-0.3, -0.25) is 4.90 Å². The Kier molecular flexibility index (Phi) is 5.86. The second-order valence-electron chi connectivity index (χ2n) is 7.07. The zero-order valence-electron chi connectivity index (χ0n) is 16.1. The van der Waals surface area contributed by atoms with E-state index in [1.807, 2.05) is 30.3 Å². The van der Waals surface area contributed by atoms with Crippen LogP contribution >= 0.6 is 0 Å². The van der Waals surface area contributed by atoms with Crippen LogP contribution in [0.3, 0.4) is 0 Å². The summed E-state index contributed by atoms with van der Waals surface area (Å²) in [6.45, 7) is 3.53. The summed E-state index contributed by atoms with van der Waals surface area (Å²) in [4.78, 5) is 14.1. The minimum atomic E-state index is -1.30. The molecule has 3 rings (SSSR count). The molecule has 6 nitrogen and oxygen atoms in total. The van der Waals surface area contributed by atoms with E-state index >= 15 is 0 Å². The molecule has 0 bridgehead atoms. The van der Waals surface area contributed by atoms with Crippen molar-refractivity contribution in [3.63, 3.8) is 0 Å². The Bertz CT molecular complexity index is 827. The molecule has 2 aromatic carbocycles. The third-order valence-corrected chi connectivity index (χ3v) is 4.81. The van der Waals surface area contributed by atoms with Crippen LogP contribution in [0.5, 0.6) is 5.75 Å². The highest BCUT2D eigenvalue weighted by molar-refractivity contribution is 5.69. The lowest BCUT2D eigenvalue weighted by Crippen LogP contribution is -2.50. The average molecular weight is 389 g/mol. The molecular weight excluding hydrogens is 365 g/mol. The van der Waals surface area contributed by atoms with Gasteiger partial charge >= 0.3 is 6.09 Å². The van der Waals surface area contributed by atoms with Crippen molar-refractivity contribution in [1.82, 2.24) is 4.90 Å². The van der Waals surface area contributed by atoms with Crippen LogP contribution in [0, 0.1) is 5.82 Å². The molecule has 7 heteroatoms. The molecule has 1 aliphatic heterocycles. The molecule has 2 atom stereocenters. The van der Waals surface area contributed by atoms with E-state index in [0.29, 0.717) is 5.75 Å². The summed E-state index contributed by atoms with van der Waals surface area (Å²) in [5.74, 6) is -0.178. The predicted molar refractivity (Wildman–Crippen MR) is 100 cm³/mol. The van der Waals surface area contributed by atoms with Crippen molar-refractivity contribution >= 4 is 6.09 Å². The summed E-state index contributed by atoms with van der Waals surface area (Å²) in [6.07, 6.45) is -1.94. The largest absolute Gasteiger partial charge is 0.497 e. The Labute approximate surface area is 163 Å². The summed E-state index contributed by atoms with van der Waals surface area (Å²) >= 11 is 0. The van der Waals surface area contributed by atoms with E-state index < -0.39 is 29.8 Å². The van der Waals surface area contributed by atoms with E-state index in [2.05, 4.69) is 0 Å². The fourth-order valence-electron chi connectivity index (χ4n) is 3.29. The molecule has 28 heavy (non-hydrogen) atoms. The molecular formula is C21H24FNO5. The van der Waals surface area contributed by atoms with E-state index in [1.54, 1.807) is 13.8 Å². The van der Waals surface area contributed by atoms with Gasteiger partial charge in [0.15, 0.2) is 0 Å². The molecule has 1 amide bonds. The number of hydrogen-bond acceptors (Lipinski definition) is 5. The van der Waals surface area contributed by atoms with Crippen LogP contribution in [0.1, 0.15) is 31.1 Å². The molecule has 0 spiro atoms. The first-order valence-corrected chi connectivity index (χ1v) is 8.99. The maximum Gasteiger partial charge on any atom is 0.412 e. The molecule has 1 saturated heterocycles. The number of aliphatic hydroxyl groups excluding tert-OH is 1. The Morgan fingerprint density at radius 3 is 2.71 bits per heavy atom. The average Bonchev–Trinajstić information content (AvgIpc) is 3.02. The molecule has 0 saturated carbocycles. The number of hydrogen-bond donors (Lipinski definition) is 1. The van der Waals surface area contributed by atoms with Crippen LogP contribution in [-0.4, -0.2) is 41.6 Å². The number of amides is 1. The summed E-state index contributed by atoms with van der Waals surface area (Å²) in [5.41, 5.74) is -0.134. The molecule has 0 aromatic heterocycles. The molecule has 0 radical (unpaired) electrons. The number of benzene rings is 2. The van der Waals surface area contributed by atoms with Gasteiger partial charge < -0.3 is 19.3 Å². The maximum atomic E-state index is 14.3. The highest BCUT2D eigenvalue weighted by Crippen LogP contribution is 2.36. The smallest absolute Gasteiger partial charge is 0.412 e. The van der Waals surface area contributed by atoms with Crippen molar-refractivity contribution in [2.45, 2.75) is 38.3 Å². The van der Waals surface area contributed by atoms with Crippen molar-refractivity contribution in [1.29, 1.82) is 0 Å². The minimum Gasteiger partial charge on any atom is -0.497 e. The first-order valence-electron chi connectivity index (χ1n) is 8.99. The zero-order valence-corrected chi connectivity index (χ0v) is 16.1. The topological polar surface area (TPSA) is 68.2 Å². The van der Waals surface area contributed by atoms with Crippen molar-refractivity contribution in [2.75, 3.05) is 13.7 Å². The van der Waals surface area contributed by atoms with E-state index in [4.69, 9.17) is 14.2 Å². The molecule has 1 fully saturated rings. The molecule has 1 aliphatic rings. The van der Waals surface area contributed by atoms with Gasteiger partial charge in [0.25, 0.3) is 0 Å². The highest BCUT2D eigenvalue weighted by atomic mass is 19.1. The van der Waals surface area contributed by atoms with Gasteiger partial charge in [0.2, 0.25) is 0 Å². The Balaban J connectivity index is 1.80. The number of carbonyl (C=O) groups is 1. The van der Waals surface area contributed by atoms with Gasteiger partial charge in [-0.15, -0.1) is 0 Å². The van der Waals surface area contributed by atoms with Crippen LogP contribution in [0.4, 0.5) is 9.18 Å². The zero-order chi connectivity index (χ0) is 20.3. The molecule has 150 valence electrons. The fraction of sp³-hybridized carbons (Fsp3) is 0.381. The van der Waals surface area contributed by atoms with Gasteiger partial charge in [0.1, 0.15) is 30.0 Å². The van der Waals surface area contributed by atoms with E-state index in [1.165, 1.54) is 30.2 Å². The quantitative estimate of drug-likeness (QED) is 0.846. The number of halogens is 1. The third kappa shape index (κ3) is 4.10. The van der Waals surface area contributed by atoms with E-state index in [9.17, 15) is 14.3 Å². The predicted octanol–water partition coefficient (Wildman–Crippen LogP) is 3.64. The number of carbonyl (C=O) groups excluding carboxylic acids is 1. The molecule has 2 aromatic rings. The van der Waals surface area contributed by atoms with Crippen LogP contribution in [0.25, 0.3) is 0 Å². The molecule has 2 unspecified atom stereocenters. The second kappa shape index (κ2) is 8.16. The van der Waals surface area contributed by atoms with Crippen LogP contribution in [0.2, 0.25) is 0 Å². The standard InChI is InChI=1S/C21H24FNO5/c1-21(2)23(20(25)27-12-14-7-5-4-6-8-14)18(13-28-21)19(24)16-11-15(26-3)9-10-17(16)22/h4-11,18-19,24H,12-13H2,1-3H3. The minimum absolute atomic E-state index is 0.0338. The maximum absolute atomic E-state index is 14.3. The van der Waals surface area contributed by atoms with Gasteiger partial charge in [0, 0.05) is 5.56 Å². The van der Waals surface area contributed by atoms with Crippen molar-refractivity contribution in [2.24, 2.45) is 0 Å². The summed E-state index contributed by atoms with van der Waals surface area (Å²) in [7, 11) is 1.46. The Morgan fingerprint density at radius 2 is 2.04 bits per heavy atom.